The average Bonchev–Trinajstić information content (AvgIpc) is 3.18. The van der Waals surface area contributed by atoms with Gasteiger partial charge >= 0.3 is 5.97 Å². The minimum atomic E-state index is -1.64. The van der Waals surface area contributed by atoms with Crippen LogP contribution in [0.2, 0.25) is 0 Å². The van der Waals surface area contributed by atoms with Crippen molar-refractivity contribution < 1.29 is 33.3 Å². The normalized spacial score (nSPS) is 36.2. The lowest BCUT2D eigenvalue weighted by Gasteiger charge is -2.32. The highest BCUT2D eigenvalue weighted by atomic mass is 19.1. The standard InChI is InChI=1S/C22H32F2O5/c1-28-19(27)8-4-3-7-16-21(23)20-14(15(25)13-17(20)29-16)9-10-18(26)22(24)11-5-2-6-12-22/h7,9-10,14-15,17-18,20-21,25-26H,2-6,8,11-13H2,1H3/b10-9+,16-7+. The van der Waals surface area contributed by atoms with E-state index in [0.29, 0.717) is 32.1 Å². The fourth-order valence-corrected chi connectivity index (χ4v) is 4.85. The molecule has 0 radical (unpaired) electrons. The van der Waals surface area contributed by atoms with Gasteiger partial charge in [0.1, 0.15) is 23.6 Å². The molecule has 6 unspecified atom stereocenters. The Hall–Kier alpha value is -1.47. The number of hydrogen-bond acceptors (Lipinski definition) is 5. The molecule has 5 nitrogen and oxygen atoms in total. The summed E-state index contributed by atoms with van der Waals surface area (Å²) < 4.78 is 40.2. The number of carbonyl (C=O) groups excluding carboxylic acids is 1. The van der Waals surface area contributed by atoms with Crippen LogP contribution in [0.3, 0.4) is 0 Å². The zero-order chi connectivity index (χ0) is 21.0. The zero-order valence-electron chi connectivity index (χ0n) is 16.9. The summed E-state index contributed by atoms with van der Waals surface area (Å²) in [5.41, 5.74) is -1.64. The van der Waals surface area contributed by atoms with Crippen molar-refractivity contribution >= 4 is 5.97 Å². The quantitative estimate of drug-likeness (QED) is 0.379. The molecular weight excluding hydrogens is 382 g/mol. The summed E-state index contributed by atoms with van der Waals surface area (Å²) in [6, 6.07) is 0. The lowest BCUT2D eigenvalue weighted by Crippen LogP contribution is -2.38. The van der Waals surface area contributed by atoms with Gasteiger partial charge in [-0.2, -0.15) is 0 Å². The lowest BCUT2D eigenvalue weighted by molar-refractivity contribution is -0.140. The third-order valence-electron chi connectivity index (χ3n) is 6.58. The molecule has 1 saturated heterocycles. The molecule has 0 bridgehead atoms. The number of aliphatic hydroxyl groups excluding tert-OH is 2. The topological polar surface area (TPSA) is 76.0 Å². The van der Waals surface area contributed by atoms with E-state index in [2.05, 4.69) is 4.74 Å². The molecule has 2 aliphatic carbocycles. The monoisotopic (exact) mass is 414 g/mol. The molecule has 6 atom stereocenters. The first-order chi connectivity index (χ1) is 13.9. The first kappa shape index (κ1) is 22.2. The molecule has 1 heterocycles. The van der Waals surface area contributed by atoms with Gasteiger partial charge in [0, 0.05) is 24.7 Å². The van der Waals surface area contributed by atoms with Crippen LogP contribution in [0, 0.1) is 11.8 Å². The predicted molar refractivity (Wildman–Crippen MR) is 103 cm³/mol. The molecule has 3 aliphatic rings. The molecule has 3 rings (SSSR count). The highest BCUT2D eigenvalue weighted by Crippen LogP contribution is 2.47. The molecule has 29 heavy (non-hydrogen) atoms. The number of alkyl halides is 2. The Morgan fingerprint density at radius 2 is 2.10 bits per heavy atom. The molecule has 7 heteroatoms. The smallest absolute Gasteiger partial charge is 0.305 e. The molecule has 164 valence electrons. The number of allylic oxidation sites excluding steroid dienone is 2. The molecule has 2 N–H and O–H groups in total. The van der Waals surface area contributed by atoms with Gasteiger partial charge in [-0.3, -0.25) is 4.79 Å². The molecule has 0 aromatic heterocycles. The summed E-state index contributed by atoms with van der Waals surface area (Å²) in [5.74, 6) is -1.15. The Labute approximate surface area is 170 Å². The Morgan fingerprint density at radius 1 is 1.38 bits per heavy atom. The number of aliphatic hydroxyl groups is 2. The van der Waals surface area contributed by atoms with E-state index in [0.717, 1.165) is 19.3 Å². The van der Waals surface area contributed by atoms with Crippen LogP contribution in [-0.4, -0.2) is 53.4 Å². The van der Waals surface area contributed by atoms with Gasteiger partial charge in [0.2, 0.25) is 0 Å². The van der Waals surface area contributed by atoms with Crippen LogP contribution in [0.1, 0.15) is 57.8 Å². The second kappa shape index (κ2) is 9.56. The Morgan fingerprint density at radius 3 is 2.79 bits per heavy atom. The fourth-order valence-electron chi connectivity index (χ4n) is 4.85. The second-order valence-electron chi connectivity index (χ2n) is 8.52. The molecule has 0 amide bonds. The van der Waals surface area contributed by atoms with Crippen molar-refractivity contribution in [2.24, 2.45) is 11.8 Å². The van der Waals surface area contributed by atoms with Gasteiger partial charge in [0.15, 0.2) is 6.17 Å². The number of carbonyl (C=O) groups is 1. The third kappa shape index (κ3) is 5.00. The number of rotatable bonds is 7. The van der Waals surface area contributed by atoms with Crippen LogP contribution in [0.15, 0.2) is 24.0 Å². The van der Waals surface area contributed by atoms with Gasteiger partial charge in [-0.25, -0.2) is 8.78 Å². The summed E-state index contributed by atoms with van der Waals surface area (Å²) in [4.78, 5) is 11.1. The zero-order valence-corrected chi connectivity index (χ0v) is 16.9. The maximum atomic E-state index is 15.0. The van der Waals surface area contributed by atoms with Crippen LogP contribution in [-0.2, 0) is 14.3 Å². The van der Waals surface area contributed by atoms with Crippen molar-refractivity contribution in [1.29, 1.82) is 0 Å². The van der Waals surface area contributed by atoms with Gasteiger partial charge in [0.25, 0.3) is 0 Å². The maximum Gasteiger partial charge on any atom is 0.305 e. The summed E-state index contributed by atoms with van der Waals surface area (Å²) in [5, 5.41) is 20.7. The molecule has 1 aliphatic heterocycles. The highest BCUT2D eigenvalue weighted by Gasteiger charge is 2.53. The number of fused-ring (bicyclic) bond motifs is 1. The van der Waals surface area contributed by atoms with Gasteiger partial charge < -0.3 is 19.7 Å². The van der Waals surface area contributed by atoms with E-state index in [1.165, 1.54) is 13.2 Å². The summed E-state index contributed by atoms with van der Waals surface area (Å²) in [6.45, 7) is 0. The minimum Gasteiger partial charge on any atom is -0.491 e. The van der Waals surface area contributed by atoms with Gasteiger partial charge in [-0.15, -0.1) is 0 Å². The number of methoxy groups -OCH3 is 1. The molecule has 0 aromatic carbocycles. The number of hydrogen-bond donors (Lipinski definition) is 2. The van der Waals surface area contributed by atoms with Gasteiger partial charge in [0.05, 0.1) is 13.2 Å². The Kier molecular flexibility index (Phi) is 7.32. The summed E-state index contributed by atoms with van der Waals surface area (Å²) >= 11 is 0. The molecular formula is C22H32F2O5. The van der Waals surface area contributed by atoms with E-state index >= 15 is 4.39 Å². The van der Waals surface area contributed by atoms with Crippen molar-refractivity contribution in [2.45, 2.75) is 87.9 Å². The van der Waals surface area contributed by atoms with E-state index in [-0.39, 0.29) is 18.1 Å². The SMILES string of the molecule is COC(=O)CCC/C=C1/OC2CC(O)C(/C=C/C(O)C3(F)CCCCC3)C2C1F. The third-order valence-corrected chi connectivity index (χ3v) is 6.58. The first-order valence-corrected chi connectivity index (χ1v) is 10.7. The molecule has 0 aromatic rings. The van der Waals surface area contributed by atoms with Crippen LogP contribution < -0.4 is 0 Å². The van der Waals surface area contributed by atoms with Crippen LogP contribution >= 0.6 is 0 Å². The molecule has 3 fully saturated rings. The van der Waals surface area contributed by atoms with Crippen LogP contribution in [0.4, 0.5) is 8.78 Å². The summed E-state index contributed by atoms with van der Waals surface area (Å²) in [6.07, 6.45) is 5.53. The van der Waals surface area contributed by atoms with Crippen molar-refractivity contribution in [3.8, 4) is 0 Å². The Balaban J connectivity index is 1.60. The van der Waals surface area contributed by atoms with E-state index < -0.39 is 42.0 Å². The van der Waals surface area contributed by atoms with Gasteiger partial charge in [-0.1, -0.05) is 31.4 Å². The highest BCUT2D eigenvalue weighted by molar-refractivity contribution is 5.69. The number of unbranched alkanes of at least 4 members (excludes halogenated alkanes) is 1. The Bertz CT molecular complexity index is 629. The van der Waals surface area contributed by atoms with Crippen LogP contribution in [0.5, 0.6) is 0 Å². The van der Waals surface area contributed by atoms with E-state index in [9.17, 15) is 19.4 Å². The van der Waals surface area contributed by atoms with Crippen molar-refractivity contribution in [2.75, 3.05) is 7.11 Å². The minimum absolute atomic E-state index is 0.241. The molecule has 0 spiro atoms. The van der Waals surface area contributed by atoms with Crippen LogP contribution in [0.25, 0.3) is 0 Å². The maximum absolute atomic E-state index is 15.0. The predicted octanol–water partition coefficient (Wildman–Crippen LogP) is 3.54. The largest absolute Gasteiger partial charge is 0.491 e. The van der Waals surface area contributed by atoms with E-state index in [1.807, 2.05) is 0 Å². The number of halogens is 2. The number of esters is 1. The van der Waals surface area contributed by atoms with Crippen molar-refractivity contribution in [3.05, 3.63) is 24.0 Å². The van der Waals surface area contributed by atoms with Crippen molar-refractivity contribution in [1.82, 2.24) is 0 Å². The average molecular weight is 414 g/mol. The lowest BCUT2D eigenvalue weighted by atomic mass is 9.81. The van der Waals surface area contributed by atoms with E-state index in [4.69, 9.17) is 4.74 Å². The number of ether oxygens (including phenoxy) is 2. The van der Waals surface area contributed by atoms with Crippen molar-refractivity contribution in [3.63, 3.8) is 0 Å². The second-order valence-corrected chi connectivity index (χ2v) is 8.52. The molecule has 2 saturated carbocycles. The summed E-state index contributed by atoms with van der Waals surface area (Å²) in [7, 11) is 1.33. The fraction of sp³-hybridized carbons (Fsp3) is 0.773. The van der Waals surface area contributed by atoms with Gasteiger partial charge in [-0.05, 0) is 31.8 Å². The van der Waals surface area contributed by atoms with E-state index in [1.54, 1.807) is 12.2 Å². The first-order valence-electron chi connectivity index (χ1n) is 10.7.